The zero-order chi connectivity index (χ0) is 21.0. The van der Waals surface area contributed by atoms with Gasteiger partial charge in [-0.25, -0.2) is 13.4 Å². The Morgan fingerprint density at radius 2 is 1.77 bits per heavy atom. The lowest BCUT2D eigenvalue weighted by molar-refractivity contribution is 0.0584. The van der Waals surface area contributed by atoms with Gasteiger partial charge in [-0.3, -0.25) is 0 Å². The van der Waals surface area contributed by atoms with Crippen molar-refractivity contribution in [2.24, 2.45) is 0 Å². The van der Waals surface area contributed by atoms with Crippen LogP contribution in [0.2, 0.25) is 0 Å². The van der Waals surface area contributed by atoms with Crippen LogP contribution in [0.3, 0.4) is 0 Å². The number of ether oxygens (including phenoxy) is 1. The molecular formula is C22H31N3O3S2. The standard InChI is InChI=1S/C22H31N3O3S2/c1-2-3-18-4-6-21(7-5-18)30(26,27)25-15-8-19(9-16-25)24-13-10-20(11-14-24)28-22-23-12-17-29-22/h4-7,12,17,19-20H,2-3,8-11,13-16H2,1H3. The van der Waals surface area contributed by atoms with E-state index in [0.717, 1.165) is 56.8 Å². The van der Waals surface area contributed by atoms with Crippen LogP contribution in [0.4, 0.5) is 0 Å². The van der Waals surface area contributed by atoms with Crippen LogP contribution in [-0.4, -0.2) is 60.9 Å². The van der Waals surface area contributed by atoms with Crippen LogP contribution in [0.5, 0.6) is 5.19 Å². The predicted molar refractivity (Wildman–Crippen MR) is 120 cm³/mol. The van der Waals surface area contributed by atoms with Crippen molar-refractivity contribution in [2.75, 3.05) is 26.2 Å². The number of likely N-dealkylation sites (tertiary alicyclic amines) is 1. The maximum Gasteiger partial charge on any atom is 0.273 e. The van der Waals surface area contributed by atoms with Crippen LogP contribution in [0.15, 0.2) is 40.7 Å². The van der Waals surface area contributed by atoms with Gasteiger partial charge in [0.2, 0.25) is 10.0 Å². The molecule has 0 radical (unpaired) electrons. The highest BCUT2D eigenvalue weighted by Gasteiger charge is 2.33. The summed E-state index contributed by atoms with van der Waals surface area (Å²) in [5.41, 5.74) is 1.19. The highest BCUT2D eigenvalue weighted by atomic mass is 32.2. The monoisotopic (exact) mass is 449 g/mol. The van der Waals surface area contributed by atoms with Crippen molar-refractivity contribution >= 4 is 21.4 Å². The summed E-state index contributed by atoms with van der Waals surface area (Å²) in [4.78, 5) is 7.15. The first-order valence-corrected chi connectivity index (χ1v) is 13.3. The Kier molecular flexibility index (Phi) is 7.08. The molecule has 2 aromatic rings. The minimum absolute atomic E-state index is 0.239. The molecule has 6 nitrogen and oxygen atoms in total. The number of hydrogen-bond acceptors (Lipinski definition) is 6. The summed E-state index contributed by atoms with van der Waals surface area (Å²) in [6.45, 7) is 5.34. The molecule has 2 saturated heterocycles. The van der Waals surface area contributed by atoms with E-state index in [9.17, 15) is 8.42 Å². The second-order valence-electron chi connectivity index (χ2n) is 8.18. The van der Waals surface area contributed by atoms with E-state index in [2.05, 4.69) is 16.8 Å². The number of benzene rings is 1. The molecule has 3 heterocycles. The van der Waals surface area contributed by atoms with Crippen molar-refractivity contribution in [1.82, 2.24) is 14.2 Å². The minimum Gasteiger partial charge on any atom is -0.467 e. The number of hydrogen-bond donors (Lipinski definition) is 0. The molecule has 0 spiro atoms. The summed E-state index contributed by atoms with van der Waals surface area (Å²) >= 11 is 1.54. The molecule has 0 N–H and O–H groups in total. The van der Waals surface area contributed by atoms with Gasteiger partial charge in [-0.2, -0.15) is 4.31 Å². The molecule has 0 atom stereocenters. The first-order chi connectivity index (χ1) is 14.6. The number of aryl methyl sites for hydroxylation is 1. The summed E-state index contributed by atoms with van der Waals surface area (Å²) in [6, 6.07) is 7.88. The molecule has 0 saturated carbocycles. The molecule has 0 amide bonds. The fourth-order valence-corrected chi connectivity index (χ4v) is 6.50. The van der Waals surface area contributed by atoms with Crippen molar-refractivity contribution in [3.05, 3.63) is 41.4 Å². The van der Waals surface area contributed by atoms with Crippen LogP contribution in [-0.2, 0) is 16.4 Å². The molecule has 1 aromatic heterocycles. The van der Waals surface area contributed by atoms with Crippen LogP contribution < -0.4 is 4.74 Å². The number of aromatic nitrogens is 1. The van der Waals surface area contributed by atoms with Gasteiger partial charge in [0.05, 0.1) is 4.90 Å². The first-order valence-electron chi connectivity index (χ1n) is 11.0. The Labute approximate surface area is 183 Å². The average Bonchev–Trinajstić information content (AvgIpc) is 3.28. The predicted octanol–water partition coefficient (Wildman–Crippen LogP) is 3.79. The van der Waals surface area contributed by atoms with E-state index in [0.29, 0.717) is 24.0 Å². The van der Waals surface area contributed by atoms with Crippen LogP contribution in [0.1, 0.15) is 44.6 Å². The Balaban J connectivity index is 1.27. The third-order valence-electron chi connectivity index (χ3n) is 6.19. The Morgan fingerprint density at radius 1 is 1.07 bits per heavy atom. The van der Waals surface area contributed by atoms with E-state index in [1.54, 1.807) is 22.6 Å². The van der Waals surface area contributed by atoms with Gasteiger partial charge in [0.1, 0.15) is 6.10 Å². The molecule has 4 rings (SSSR count). The van der Waals surface area contributed by atoms with E-state index in [4.69, 9.17) is 4.74 Å². The smallest absolute Gasteiger partial charge is 0.273 e. The summed E-state index contributed by atoms with van der Waals surface area (Å²) in [5, 5.41) is 2.70. The highest BCUT2D eigenvalue weighted by molar-refractivity contribution is 7.89. The van der Waals surface area contributed by atoms with Crippen molar-refractivity contribution in [1.29, 1.82) is 0 Å². The zero-order valence-corrected chi connectivity index (χ0v) is 19.2. The number of piperidine rings is 2. The highest BCUT2D eigenvalue weighted by Crippen LogP contribution is 2.27. The fraction of sp³-hybridized carbons (Fsp3) is 0.591. The summed E-state index contributed by atoms with van der Waals surface area (Å²) in [7, 11) is -3.40. The molecule has 1 aromatic carbocycles. The lowest BCUT2D eigenvalue weighted by atomic mass is 10.00. The van der Waals surface area contributed by atoms with Crippen LogP contribution >= 0.6 is 11.3 Å². The van der Waals surface area contributed by atoms with Crippen LogP contribution in [0.25, 0.3) is 0 Å². The number of sulfonamides is 1. The normalized spacial score (nSPS) is 20.4. The van der Waals surface area contributed by atoms with E-state index >= 15 is 0 Å². The summed E-state index contributed by atoms with van der Waals surface area (Å²) in [6.07, 6.45) is 7.85. The van der Waals surface area contributed by atoms with Gasteiger partial charge >= 0.3 is 0 Å². The first kappa shape index (κ1) is 21.7. The Hall–Kier alpha value is -1.48. The van der Waals surface area contributed by atoms with E-state index < -0.39 is 10.0 Å². The van der Waals surface area contributed by atoms with Gasteiger partial charge < -0.3 is 9.64 Å². The Morgan fingerprint density at radius 3 is 2.37 bits per heavy atom. The van der Waals surface area contributed by atoms with E-state index in [1.165, 1.54) is 16.9 Å². The molecule has 2 fully saturated rings. The summed E-state index contributed by atoms with van der Waals surface area (Å²) in [5.74, 6) is 0. The van der Waals surface area contributed by atoms with Crippen LogP contribution in [0, 0.1) is 0 Å². The van der Waals surface area contributed by atoms with Gasteiger partial charge in [-0.15, -0.1) is 0 Å². The topological polar surface area (TPSA) is 62.7 Å². The average molecular weight is 450 g/mol. The maximum atomic E-state index is 13.0. The SMILES string of the molecule is CCCc1ccc(S(=O)(=O)N2CCC(N3CCC(Oc4nccs4)CC3)CC2)cc1. The van der Waals surface area contributed by atoms with E-state index in [1.807, 2.05) is 17.5 Å². The second kappa shape index (κ2) is 9.77. The van der Waals surface area contributed by atoms with Gasteiger partial charge in [-0.1, -0.05) is 36.8 Å². The van der Waals surface area contributed by atoms with Gasteiger partial charge in [0.15, 0.2) is 0 Å². The third kappa shape index (κ3) is 5.04. The molecule has 2 aliphatic rings. The largest absolute Gasteiger partial charge is 0.467 e. The number of nitrogens with zero attached hydrogens (tertiary/aromatic N) is 3. The molecule has 0 aliphatic carbocycles. The molecule has 164 valence electrons. The lowest BCUT2D eigenvalue weighted by Crippen LogP contribution is -2.50. The molecule has 30 heavy (non-hydrogen) atoms. The third-order valence-corrected chi connectivity index (χ3v) is 8.77. The van der Waals surface area contributed by atoms with Crippen molar-refractivity contribution < 1.29 is 13.2 Å². The quantitative estimate of drug-likeness (QED) is 0.644. The maximum absolute atomic E-state index is 13.0. The van der Waals surface area contributed by atoms with Gasteiger partial charge in [0, 0.05) is 43.8 Å². The minimum atomic E-state index is -3.40. The summed E-state index contributed by atoms with van der Waals surface area (Å²) < 4.78 is 33.7. The number of rotatable bonds is 7. The van der Waals surface area contributed by atoms with Crippen molar-refractivity contribution in [3.63, 3.8) is 0 Å². The molecule has 0 bridgehead atoms. The number of thiazole rings is 1. The van der Waals surface area contributed by atoms with Crippen molar-refractivity contribution in [3.8, 4) is 5.19 Å². The fourth-order valence-electron chi connectivity index (χ4n) is 4.48. The molecule has 8 heteroatoms. The lowest BCUT2D eigenvalue weighted by Gasteiger charge is -2.41. The molecule has 0 unspecified atom stereocenters. The van der Waals surface area contributed by atoms with Crippen molar-refractivity contribution in [2.45, 2.75) is 62.5 Å². The van der Waals surface area contributed by atoms with E-state index in [-0.39, 0.29) is 6.10 Å². The zero-order valence-electron chi connectivity index (χ0n) is 17.6. The van der Waals surface area contributed by atoms with Gasteiger partial charge in [-0.05, 0) is 49.8 Å². The molecule has 2 aliphatic heterocycles. The second-order valence-corrected chi connectivity index (χ2v) is 11.0. The molecular weight excluding hydrogens is 418 g/mol. The Bertz CT molecular complexity index is 884. The van der Waals surface area contributed by atoms with Gasteiger partial charge in [0.25, 0.3) is 5.19 Å².